The topological polar surface area (TPSA) is 133 Å². The molecule has 0 fully saturated rings. The fourth-order valence-electron chi connectivity index (χ4n) is 4.04. The van der Waals surface area contributed by atoms with Gasteiger partial charge in [-0.3, -0.25) is 10.1 Å². The van der Waals surface area contributed by atoms with E-state index in [1.165, 1.54) is 21.3 Å². The van der Waals surface area contributed by atoms with Gasteiger partial charge >= 0.3 is 0 Å². The minimum absolute atomic E-state index is 0.00707. The van der Waals surface area contributed by atoms with E-state index < -0.39 is 28.8 Å². The van der Waals surface area contributed by atoms with Crippen molar-refractivity contribution < 1.29 is 33.7 Å². The Morgan fingerprint density at radius 1 is 1.12 bits per heavy atom. The van der Waals surface area contributed by atoms with E-state index in [-0.39, 0.29) is 19.3 Å². The molecule has 3 atom stereocenters. The molecule has 3 unspecified atom stereocenters. The molecule has 0 bridgehead atoms. The summed E-state index contributed by atoms with van der Waals surface area (Å²) in [7, 11) is 4.41. The zero-order valence-corrected chi connectivity index (χ0v) is 19.5. The second-order valence-electron chi connectivity index (χ2n) is 8.13. The van der Waals surface area contributed by atoms with E-state index >= 15 is 0 Å². The van der Waals surface area contributed by atoms with Crippen LogP contribution in [0.2, 0.25) is 0 Å². The molecule has 1 aliphatic heterocycles. The van der Waals surface area contributed by atoms with Crippen LogP contribution in [0.25, 0.3) is 0 Å². The van der Waals surface area contributed by atoms with E-state index in [0.29, 0.717) is 34.3 Å². The lowest BCUT2D eigenvalue weighted by molar-refractivity contribution is -0.538. The Kier molecular flexibility index (Phi) is 7.68. The number of benzene rings is 2. The number of ether oxygens (including phenoxy) is 5. The highest BCUT2D eigenvalue weighted by molar-refractivity contribution is 5.59. The molecule has 1 N–H and O–H groups in total. The first-order valence-corrected chi connectivity index (χ1v) is 10.7. The number of nitro groups is 1. The molecule has 0 saturated carbocycles. The zero-order valence-electron chi connectivity index (χ0n) is 19.5. The summed E-state index contributed by atoms with van der Waals surface area (Å²) in [5, 5.41) is 32.5. The third kappa shape index (κ3) is 4.94. The fourth-order valence-corrected chi connectivity index (χ4v) is 4.04. The summed E-state index contributed by atoms with van der Waals surface area (Å²) in [4.78, 5) is 11.2. The monoisotopic (exact) mass is 472 g/mol. The summed E-state index contributed by atoms with van der Waals surface area (Å²) in [6.45, 7) is 1.69. The van der Waals surface area contributed by atoms with Crippen LogP contribution in [0.4, 0.5) is 0 Å². The van der Waals surface area contributed by atoms with Crippen molar-refractivity contribution >= 4 is 0 Å². The number of rotatable bonds is 11. The van der Waals surface area contributed by atoms with Crippen LogP contribution < -0.4 is 23.7 Å². The number of nitrogens with zero attached hydrogens (tertiary/aromatic N) is 2. The molecule has 0 spiro atoms. The normalized spacial score (nSPS) is 16.1. The molecule has 2 aromatic carbocycles. The van der Waals surface area contributed by atoms with Crippen LogP contribution in [0.5, 0.6) is 28.7 Å². The van der Waals surface area contributed by atoms with Crippen molar-refractivity contribution in [3.05, 3.63) is 52.1 Å². The smallest absolute Gasteiger partial charge is 0.248 e. The Balaban J connectivity index is 1.75. The highest BCUT2D eigenvalue weighted by Crippen LogP contribution is 2.46. The van der Waals surface area contributed by atoms with Gasteiger partial charge in [0.2, 0.25) is 18.1 Å². The summed E-state index contributed by atoms with van der Waals surface area (Å²) >= 11 is 0. The Bertz CT molecular complexity index is 1040. The van der Waals surface area contributed by atoms with Crippen LogP contribution in [0.3, 0.4) is 0 Å². The Hall–Kier alpha value is -3.71. The molecule has 10 heteroatoms. The molecule has 34 heavy (non-hydrogen) atoms. The molecular weight excluding hydrogens is 444 g/mol. The maximum absolute atomic E-state index is 11.7. The average Bonchev–Trinajstić information content (AvgIpc) is 3.27. The number of hydrogen-bond donors (Lipinski definition) is 1. The van der Waals surface area contributed by atoms with Crippen LogP contribution in [0.15, 0.2) is 36.4 Å². The predicted octanol–water partition coefficient (Wildman–Crippen LogP) is 3.47. The summed E-state index contributed by atoms with van der Waals surface area (Å²) in [6, 6.07) is 11.2. The van der Waals surface area contributed by atoms with Gasteiger partial charge in [-0.25, -0.2) is 0 Å². The SMILES string of the molecule is COc1ccc(C(C)(C#N)CCC(O)C(CC2Oc3ccccc3O2)[N+](=O)[O-])c(OC)c1OC. The van der Waals surface area contributed by atoms with Crippen LogP contribution in [0.1, 0.15) is 31.7 Å². The van der Waals surface area contributed by atoms with Gasteiger partial charge in [0.1, 0.15) is 6.10 Å². The van der Waals surface area contributed by atoms with Crippen LogP contribution in [-0.2, 0) is 5.41 Å². The first-order chi connectivity index (χ1) is 16.3. The second kappa shape index (κ2) is 10.5. The van der Waals surface area contributed by atoms with E-state index in [0.717, 1.165) is 0 Å². The fraction of sp³-hybridized carbons (Fsp3) is 0.458. The van der Waals surface area contributed by atoms with Crippen LogP contribution in [-0.4, -0.2) is 49.8 Å². The van der Waals surface area contributed by atoms with Crippen molar-refractivity contribution in [2.45, 2.75) is 50.0 Å². The van der Waals surface area contributed by atoms with E-state index in [1.54, 1.807) is 43.3 Å². The van der Waals surface area contributed by atoms with E-state index in [9.17, 15) is 20.5 Å². The van der Waals surface area contributed by atoms with Gasteiger partial charge in [0, 0.05) is 10.5 Å². The Labute approximate surface area is 197 Å². The summed E-state index contributed by atoms with van der Waals surface area (Å²) < 4.78 is 27.5. The van der Waals surface area contributed by atoms with Crippen LogP contribution in [0, 0.1) is 21.4 Å². The molecule has 1 heterocycles. The quantitative estimate of drug-likeness (QED) is 0.385. The van der Waals surface area contributed by atoms with Crippen molar-refractivity contribution in [1.82, 2.24) is 0 Å². The van der Waals surface area contributed by atoms with Gasteiger partial charge in [-0.1, -0.05) is 12.1 Å². The minimum Gasteiger partial charge on any atom is -0.493 e. The van der Waals surface area contributed by atoms with Gasteiger partial charge in [0.05, 0.1) is 39.2 Å². The molecule has 2 aromatic rings. The molecule has 0 radical (unpaired) electrons. The van der Waals surface area contributed by atoms with Crippen molar-refractivity contribution in [1.29, 1.82) is 5.26 Å². The highest BCUT2D eigenvalue weighted by atomic mass is 16.7. The lowest BCUT2D eigenvalue weighted by Crippen LogP contribution is -2.39. The number of nitriles is 1. The molecule has 3 rings (SSSR count). The maximum atomic E-state index is 11.7. The van der Waals surface area contributed by atoms with Gasteiger partial charge in [-0.2, -0.15) is 5.26 Å². The van der Waals surface area contributed by atoms with Crippen molar-refractivity contribution in [3.8, 4) is 34.8 Å². The van der Waals surface area contributed by atoms with Gasteiger partial charge in [0.15, 0.2) is 23.0 Å². The van der Waals surface area contributed by atoms with Gasteiger partial charge in [-0.05, 0) is 44.0 Å². The maximum Gasteiger partial charge on any atom is 0.248 e. The molecule has 0 aliphatic carbocycles. The Morgan fingerprint density at radius 2 is 1.74 bits per heavy atom. The number of aliphatic hydroxyl groups is 1. The molecule has 0 amide bonds. The van der Waals surface area contributed by atoms with Gasteiger partial charge in [0.25, 0.3) is 0 Å². The van der Waals surface area contributed by atoms with E-state index in [4.69, 9.17) is 23.7 Å². The van der Waals surface area contributed by atoms with Gasteiger partial charge < -0.3 is 28.8 Å². The second-order valence-corrected chi connectivity index (χ2v) is 8.13. The highest BCUT2D eigenvalue weighted by Gasteiger charge is 2.40. The molecule has 10 nitrogen and oxygen atoms in total. The van der Waals surface area contributed by atoms with E-state index in [2.05, 4.69) is 6.07 Å². The summed E-state index contributed by atoms with van der Waals surface area (Å²) in [6.07, 6.45) is -2.23. The number of aliphatic hydroxyl groups excluding tert-OH is 1. The molecule has 0 aromatic heterocycles. The number of methoxy groups -OCH3 is 3. The van der Waals surface area contributed by atoms with Crippen molar-refractivity contribution in [3.63, 3.8) is 0 Å². The zero-order chi connectivity index (χ0) is 24.9. The Morgan fingerprint density at radius 3 is 2.24 bits per heavy atom. The molecule has 0 saturated heterocycles. The lowest BCUT2D eigenvalue weighted by atomic mass is 9.78. The standard InChI is InChI=1S/C24H28N2O8/c1-24(14-25,15-9-10-20(30-2)23(32-4)22(15)31-3)12-11-17(27)16(26(28)29)13-21-33-18-7-5-6-8-19(18)34-21/h5-10,16-17,21,27H,11-13H2,1-4H3. The number of hydrogen-bond acceptors (Lipinski definition) is 9. The van der Waals surface area contributed by atoms with Gasteiger partial charge in [-0.15, -0.1) is 0 Å². The molecule has 182 valence electrons. The first kappa shape index (κ1) is 24.9. The average molecular weight is 472 g/mol. The third-order valence-electron chi connectivity index (χ3n) is 6.00. The first-order valence-electron chi connectivity index (χ1n) is 10.7. The number of fused-ring (bicyclic) bond motifs is 1. The van der Waals surface area contributed by atoms with E-state index in [1.807, 2.05) is 0 Å². The minimum atomic E-state index is -1.34. The van der Waals surface area contributed by atoms with Crippen molar-refractivity contribution in [2.75, 3.05) is 21.3 Å². The number of para-hydroxylation sites is 2. The molecule has 1 aliphatic rings. The largest absolute Gasteiger partial charge is 0.493 e. The third-order valence-corrected chi connectivity index (χ3v) is 6.00. The summed E-state index contributed by atoms with van der Waals surface area (Å²) in [5.41, 5.74) is -0.596. The molecular formula is C24H28N2O8. The predicted molar refractivity (Wildman–Crippen MR) is 121 cm³/mol. The van der Waals surface area contributed by atoms with Crippen LogP contribution >= 0.6 is 0 Å². The van der Waals surface area contributed by atoms with Crippen molar-refractivity contribution in [2.24, 2.45) is 0 Å². The summed E-state index contributed by atoms with van der Waals surface area (Å²) in [5.74, 6) is 2.11. The lowest BCUT2D eigenvalue weighted by Gasteiger charge is -2.27.